The average molecular weight is 368 g/mol. The number of methoxy groups -OCH3 is 1. The lowest BCUT2D eigenvalue weighted by molar-refractivity contribution is 0.0955. The van der Waals surface area contributed by atoms with Crippen molar-refractivity contribution in [1.82, 2.24) is 10.0 Å². The van der Waals surface area contributed by atoms with Gasteiger partial charge in [-0.05, 0) is 36.2 Å². The largest absolute Gasteiger partial charge is 0.497 e. The summed E-state index contributed by atoms with van der Waals surface area (Å²) in [5.41, 5.74) is 0.985. The molecule has 2 N–H and O–H groups in total. The SMILES string of the molecule is COc1ccc(CNC(=O)c2ccc(CCNS(C)(=O)=O)s2)cc1. The van der Waals surface area contributed by atoms with Crippen LogP contribution < -0.4 is 14.8 Å². The summed E-state index contributed by atoms with van der Waals surface area (Å²) >= 11 is 1.37. The lowest BCUT2D eigenvalue weighted by Gasteiger charge is -2.05. The Morgan fingerprint density at radius 3 is 2.50 bits per heavy atom. The van der Waals surface area contributed by atoms with Gasteiger partial charge >= 0.3 is 0 Å². The molecule has 0 unspecified atom stereocenters. The molecule has 24 heavy (non-hydrogen) atoms. The van der Waals surface area contributed by atoms with Gasteiger partial charge in [0.15, 0.2) is 0 Å². The van der Waals surface area contributed by atoms with Crippen LogP contribution in [-0.2, 0) is 23.0 Å². The van der Waals surface area contributed by atoms with Crippen molar-refractivity contribution in [1.29, 1.82) is 0 Å². The van der Waals surface area contributed by atoms with Crippen LogP contribution in [0.2, 0.25) is 0 Å². The summed E-state index contributed by atoms with van der Waals surface area (Å²) in [6, 6.07) is 11.1. The molecule has 8 heteroatoms. The van der Waals surface area contributed by atoms with E-state index in [0.717, 1.165) is 22.4 Å². The van der Waals surface area contributed by atoms with Crippen LogP contribution in [0, 0.1) is 0 Å². The van der Waals surface area contributed by atoms with Gasteiger partial charge in [0.05, 0.1) is 18.2 Å². The van der Waals surface area contributed by atoms with Gasteiger partial charge < -0.3 is 10.1 Å². The van der Waals surface area contributed by atoms with Gasteiger partial charge in [0.2, 0.25) is 10.0 Å². The fourth-order valence-electron chi connectivity index (χ4n) is 2.01. The minimum atomic E-state index is -3.18. The number of benzene rings is 1. The number of hydrogen-bond acceptors (Lipinski definition) is 5. The number of nitrogens with one attached hydrogen (secondary N) is 2. The Hall–Kier alpha value is -1.90. The van der Waals surface area contributed by atoms with E-state index in [4.69, 9.17) is 4.74 Å². The summed E-state index contributed by atoms with van der Waals surface area (Å²) < 4.78 is 29.6. The van der Waals surface area contributed by atoms with Crippen LogP contribution in [-0.4, -0.2) is 34.2 Å². The van der Waals surface area contributed by atoms with Crippen molar-refractivity contribution in [3.05, 3.63) is 51.7 Å². The van der Waals surface area contributed by atoms with Crippen LogP contribution in [0.4, 0.5) is 0 Å². The van der Waals surface area contributed by atoms with Crippen LogP contribution in [0.1, 0.15) is 20.1 Å². The molecular formula is C16H20N2O4S2. The first kappa shape index (κ1) is 18.4. The second-order valence-corrected chi connectivity index (χ2v) is 8.21. The number of hydrogen-bond donors (Lipinski definition) is 2. The summed E-state index contributed by atoms with van der Waals surface area (Å²) in [6.45, 7) is 0.762. The Kier molecular flexibility index (Phi) is 6.36. The molecule has 130 valence electrons. The lowest BCUT2D eigenvalue weighted by Crippen LogP contribution is -2.24. The van der Waals surface area contributed by atoms with Crippen molar-refractivity contribution >= 4 is 27.3 Å². The molecule has 1 heterocycles. The molecule has 0 saturated heterocycles. The predicted octanol–water partition coefficient (Wildman–Crippen LogP) is 1.78. The Labute approximate surface area is 145 Å². The van der Waals surface area contributed by atoms with Crippen molar-refractivity contribution in [2.24, 2.45) is 0 Å². The first-order valence-electron chi connectivity index (χ1n) is 7.32. The van der Waals surface area contributed by atoms with Gasteiger partial charge in [0.25, 0.3) is 5.91 Å². The Bertz CT molecular complexity index is 783. The minimum absolute atomic E-state index is 0.141. The summed E-state index contributed by atoms with van der Waals surface area (Å²) in [6.07, 6.45) is 1.68. The van der Waals surface area contributed by atoms with E-state index in [1.807, 2.05) is 30.3 Å². The smallest absolute Gasteiger partial charge is 0.261 e. The predicted molar refractivity (Wildman–Crippen MR) is 95.0 cm³/mol. The monoisotopic (exact) mass is 368 g/mol. The third-order valence-electron chi connectivity index (χ3n) is 3.23. The maximum Gasteiger partial charge on any atom is 0.261 e. The zero-order valence-electron chi connectivity index (χ0n) is 13.5. The number of ether oxygens (including phenoxy) is 1. The highest BCUT2D eigenvalue weighted by Gasteiger charge is 2.09. The van der Waals surface area contributed by atoms with Gasteiger partial charge in [-0.3, -0.25) is 4.79 Å². The zero-order chi connectivity index (χ0) is 17.6. The van der Waals surface area contributed by atoms with E-state index >= 15 is 0 Å². The third-order valence-corrected chi connectivity index (χ3v) is 5.11. The molecule has 0 radical (unpaired) electrons. The summed E-state index contributed by atoms with van der Waals surface area (Å²) in [7, 11) is -1.57. The zero-order valence-corrected chi connectivity index (χ0v) is 15.2. The van der Waals surface area contributed by atoms with Crippen molar-refractivity contribution in [2.75, 3.05) is 19.9 Å². The second kappa shape index (κ2) is 8.27. The third kappa shape index (κ3) is 5.95. The first-order valence-corrected chi connectivity index (χ1v) is 10.0. The highest BCUT2D eigenvalue weighted by molar-refractivity contribution is 7.88. The molecule has 0 spiro atoms. The molecule has 1 aromatic heterocycles. The second-order valence-electron chi connectivity index (χ2n) is 5.21. The highest BCUT2D eigenvalue weighted by atomic mass is 32.2. The average Bonchev–Trinajstić information content (AvgIpc) is 3.01. The van der Waals surface area contributed by atoms with Gasteiger partial charge in [-0.25, -0.2) is 13.1 Å². The maximum absolute atomic E-state index is 12.2. The number of carbonyl (C=O) groups is 1. The van der Waals surface area contributed by atoms with Crippen molar-refractivity contribution in [2.45, 2.75) is 13.0 Å². The van der Waals surface area contributed by atoms with E-state index in [2.05, 4.69) is 10.0 Å². The van der Waals surface area contributed by atoms with E-state index in [0.29, 0.717) is 24.4 Å². The van der Waals surface area contributed by atoms with Gasteiger partial charge in [-0.1, -0.05) is 12.1 Å². The van der Waals surface area contributed by atoms with E-state index < -0.39 is 10.0 Å². The molecule has 0 atom stereocenters. The number of thiophene rings is 1. The summed E-state index contributed by atoms with van der Waals surface area (Å²) in [5.74, 6) is 0.633. The number of sulfonamides is 1. The highest BCUT2D eigenvalue weighted by Crippen LogP contribution is 2.17. The minimum Gasteiger partial charge on any atom is -0.497 e. The molecule has 0 aliphatic carbocycles. The summed E-state index contributed by atoms with van der Waals surface area (Å²) in [4.78, 5) is 13.7. The Morgan fingerprint density at radius 2 is 1.88 bits per heavy atom. The number of rotatable bonds is 8. The van der Waals surface area contributed by atoms with E-state index in [-0.39, 0.29) is 5.91 Å². The van der Waals surface area contributed by atoms with Gasteiger partial charge in [0.1, 0.15) is 5.75 Å². The molecule has 2 aromatic rings. The molecule has 0 fully saturated rings. The molecule has 1 amide bonds. The molecule has 2 rings (SSSR count). The fraction of sp³-hybridized carbons (Fsp3) is 0.312. The lowest BCUT2D eigenvalue weighted by atomic mass is 10.2. The molecule has 0 saturated carbocycles. The quantitative estimate of drug-likeness (QED) is 0.744. The molecular weight excluding hydrogens is 348 g/mol. The van der Waals surface area contributed by atoms with E-state index in [9.17, 15) is 13.2 Å². The molecule has 0 aliphatic rings. The standard InChI is InChI=1S/C16H20N2O4S2/c1-22-13-5-3-12(4-6-13)11-17-16(19)15-8-7-14(23-15)9-10-18-24(2,20)21/h3-8,18H,9-11H2,1-2H3,(H,17,19). The maximum atomic E-state index is 12.2. The topological polar surface area (TPSA) is 84.5 Å². The van der Waals surface area contributed by atoms with Gasteiger partial charge in [-0.15, -0.1) is 11.3 Å². The molecule has 6 nitrogen and oxygen atoms in total. The van der Waals surface area contributed by atoms with Crippen LogP contribution in [0.3, 0.4) is 0 Å². The van der Waals surface area contributed by atoms with Gasteiger partial charge in [0, 0.05) is 18.0 Å². The van der Waals surface area contributed by atoms with E-state index in [1.54, 1.807) is 13.2 Å². The van der Waals surface area contributed by atoms with Crippen LogP contribution in [0.25, 0.3) is 0 Å². The van der Waals surface area contributed by atoms with Crippen molar-refractivity contribution in [3.63, 3.8) is 0 Å². The van der Waals surface area contributed by atoms with Crippen LogP contribution in [0.15, 0.2) is 36.4 Å². The Balaban J connectivity index is 1.84. The van der Waals surface area contributed by atoms with Crippen molar-refractivity contribution < 1.29 is 17.9 Å². The molecule has 1 aromatic carbocycles. The number of carbonyl (C=O) groups excluding carboxylic acids is 1. The van der Waals surface area contributed by atoms with E-state index in [1.165, 1.54) is 11.3 Å². The van der Waals surface area contributed by atoms with Crippen molar-refractivity contribution in [3.8, 4) is 5.75 Å². The normalized spacial score (nSPS) is 11.2. The first-order chi connectivity index (χ1) is 11.4. The summed E-state index contributed by atoms with van der Waals surface area (Å²) in [5, 5.41) is 2.87. The van der Waals surface area contributed by atoms with Gasteiger partial charge in [-0.2, -0.15) is 0 Å². The Morgan fingerprint density at radius 1 is 1.17 bits per heavy atom. The molecule has 0 bridgehead atoms. The number of amides is 1. The molecule has 0 aliphatic heterocycles. The fourth-order valence-corrected chi connectivity index (χ4v) is 3.40. The van der Waals surface area contributed by atoms with Crippen LogP contribution in [0.5, 0.6) is 5.75 Å². The van der Waals surface area contributed by atoms with Crippen LogP contribution >= 0.6 is 11.3 Å².